The summed E-state index contributed by atoms with van der Waals surface area (Å²) in [5.74, 6) is -1.62. The van der Waals surface area contributed by atoms with Gasteiger partial charge in [0.1, 0.15) is 6.61 Å². The molecule has 0 aromatic heterocycles. The van der Waals surface area contributed by atoms with Gasteiger partial charge in [0.2, 0.25) is 5.91 Å². The minimum atomic E-state index is -1.42. The summed E-state index contributed by atoms with van der Waals surface area (Å²) < 4.78 is 9.82. The summed E-state index contributed by atoms with van der Waals surface area (Å²) in [4.78, 5) is 22.3. The van der Waals surface area contributed by atoms with Gasteiger partial charge in [0.15, 0.2) is 5.54 Å². The number of carbonyl (C=O) groups excluding carboxylic acids is 1. The van der Waals surface area contributed by atoms with Gasteiger partial charge in [-0.25, -0.2) is 4.79 Å². The molecule has 16 heavy (non-hydrogen) atoms. The fourth-order valence-corrected chi connectivity index (χ4v) is 1.03. The standard InChI is InChI=1S/C10H19NO5/c1-7(2)16-5-8(12)11-10(3,6-15-4)9(13)14/h7H,5-6H2,1-4H3,(H,11,12)(H,13,14). The van der Waals surface area contributed by atoms with Crippen LogP contribution < -0.4 is 5.32 Å². The van der Waals surface area contributed by atoms with Crippen molar-refractivity contribution < 1.29 is 24.2 Å². The van der Waals surface area contributed by atoms with Crippen LogP contribution in [0, 0.1) is 0 Å². The van der Waals surface area contributed by atoms with Crippen molar-refractivity contribution in [2.24, 2.45) is 0 Å². The second kappa shape index (κ2) is 6.44. The van der Waals surface area contributed by atoms with Crippen LogP contribution in [0.4, 0.5) is 0 Å². The van der Waals surface area contributed by atoms with Gasteiger partial charge in [0.25, 0.3) is 0 Å². The van der Waals surface area contributed by atoms with Gasteiger partial charge < -0.3 is 19.9 Å². The van der Waals surface area contributed by atoms with Gasteiger partial charge in [-0.1, -0.05) is 0 Å². The summed E-state index contributed by atoms with van der Waals surface area (Å²) in [6, 6.07) is 0. The minimum absolute atomic E-state index is 0.0794. The van der Waals surface area contributed by atoms with Crippen LogP contribution in [0.5, 0.6) is 0 Å². The number of hydrogen-bond donors (Lipinski definition) is 2. The fourth-order valence-electron chi connectivity index (χ4n) is 1.03. The Morgan fingerprint density at radius 3 is 2.38 bits per heavy atom. The third-order valence-corrected chi connectivity index (χ3v) is 1.87. The Morgan fingerprint density at radius 2 is 2.00 bits per heavy atom. The molecule has 94 valence electrons. The Balaban J connectivity index is 4.30. The van der Waals surface area contributed by atoms with Crippen LogP contribution in [0.15, 0.2) is 0 Å². The van der Waals surface area contributed by atoms with Crippen LogP contribution in [-0.4, -0.2) is 48.9 Å². The first kappa shape index (κ1) is 14.9. The Kier molecular flexibility index (Phi) is 5.98. The molecule has 0 aromatic rings. The third kappa shape index (κ3) is 5.09. The van der Waals surface area contributed by atoms with Crippen LogP contribution in [0.1, 0.15) is 20.8 Å². The van der Waals surface area contributed by atoms with Crippen molar-refractivity contribution in [3.8, 4) is 0 Å². The van der Waals surface area contributed by atoms with Gasteiger partial charge in [-0.05, 0) is 20.8 Å². The van der Waals surface area contributed by atoms with Crippen molar-refractivity contribution in [3.05, 3.63) is 0 Å². The van der Waals surface area contributed by atoms with Gasteiger partial charge in [0.05, 0.1) is 12.7 Å². The average molecular weight is 233 g/mol. The first-order chi connectivity index (χ1) is 7.31. The van der Waals surface area contributed by atoms with Crippen LogP contribution in [0.25, 0.3) is 0 Å². The number of methoxy groups -OCH3 is 1. The van der Waals surface area contributed by atoms with E-state index in [1.165, 1.54) is 14.0 Å². The predicted octanol–water partition coefficient (Wildman–Crippen LogP) is 0.0173. The van der Waals surface area contributed by atoms with E-state index in [9.17, 15) is 9.59 Å². The van der Waals surface area contributed by atoms with Crippen molar-refractivity contribution in [1.82, 2.24) is 5.32 Å². The van der Waals surface area contributed by atoms with E-state index in [2.05, 4.69) is 5.32 Å². The Morgan fingerprint density at radius 1 is 1.44 bits per heavy atom. The second-order valence-electron chi connectivity index (χ2n) is 3.98. The average Bonchev–Trinajstić information content (AvgIpc) is 2.14. The zero-order valence-corrected chi connectivity index (χ0v) is 10.1. The highest BCUT2D eigenvalue weighted by Crippen LogP contribution is 2.04. The summed E-state index contributed by atoms with van der Waals surface area (Å²) in [7, 11) is 1.37. The molecule has 0 aliphatic heterocycles. The molecule has 0 saturated carbocycles. The van der Waals surface area contributed by atoms with Crippen molar-refractivity contribution in [3.63, 3.8) is 0 Å². The third-order valence-electron chi connectivity index (χ3n) is 1.87. The number of hydrogen-bond acceptors (Lipinski definition) is 4. The molecule has 6 nitrogen and oxygen atoms in total. The van der Waals surface area contributed by atoms with E-state index in [1.54, 1.807) is 13.8 Å². The summed E-state index contributed by atoms with van der Waals surface area (Å²) >= 11 is 0. The number of aliphatic carboxylic acids is 1. The lowest BCUT2D eigenvalue weighted by Crippen LogP contribution is -2.56. The molecule has 2 N–H and O–H groups in total. The van der Waals surface area contributed by atoms with E-state index in [0.29, 0.717) is 0 Å². The summed E-state index contributed by atoms with van der Waals surface area (Å²) in [6.07, 6.45) is -0.0794. The van der Waals surface area contributed by atoms with Gasteiger partial charge in [-0.3, -0.25) is 4.79 Å². The Hall–Kier alpha value is -1.14. The molecule has 0 aliphatic carbocycles. The molecule has 6 heteroatoms. The molecule has 0 radical (unpaired) electrons. The highest BCUT2D eigenvalue weighted by atomic mass is 16.5. The maximum atomic E-state index is 11.4. The maximum Gasteiger partial charge on any atom is 0.331 e. The maximum absolute atomic E-state index is 11.4. The van der Waals surface area contributed by atoms with E-state index < -0.39 is 17.4 Å². The lowest BCUT2D eigenvalue weighted by molar-refractivity contribution is -0.150. The quantitative estimate of drug-likeness (QED) is 0.647. The predicted molar refractivity (Wildman–Crippen MR) is 57.1 cm³/mol. The second-order valence-corrected chi connectivity index (χ2v) is 3.98. The number of carbonyl (C=O) groups is 2. The number of ether oxygens (including phenoxy) is 2. The molecule has 0 fully saturated rings. The largest absolute Gasteiger partial charge is 0.479 e. The van der Waals surface area contributed by atoms with Crippen LogP contribution >= 0.6 is 0 Å². The van der Waals surface area contributed by atoms with E-state index in [-0.39, 0.29) is 19.3 Å². The number of rotatable bonds is 7. The van der Waals surface area contributed by atoms with Crippen LogP contribution in [0.2, 0.25) is 0 Å². The molecular weight excluding hydrogens is 214 g/mol. The number of nitrogens with one attached hydrogen (secondary N) is 1. The number of carboxylic acids is 1. The normalized spacial score (nSPS) is 14.6. The monoisotopic (exact) mass is 233 g/mol. The summed E-state index contributed by atoms with van der Waals surface area (Å²) in [6.45, 7) is 4.70. The first-order valence-electron chi connectivity index (χ1n) is 4.96. The first-order valence-corrected chi connectivity index (χ1v) is 4.96. The van der Waals surface area contributed by atoms with Gasteiger partial charge in [-0.15, -0.1) is 0 Å². The highest BCUT2D eigenvalue weighted by molar-refractivity contribution is 5.87. The zero-order chi connectivity index (χ0) is 12.8. The fraction of sp³-hybridized carbons (Fsp3) is 0.800. The van der Waals surface area contributed by atoms with E-state index in [1.807, 2.05) is 0 Å². The van der Waals surface area contributed by atoms with Crippen molar-refractivity contribution in [2.75, 3.05) is 20.3 Å². The lowest BCUT2D eigenvalue weighted by Gasteiger charge is -2.25. The molecule has 0 rings (SSSR count). The van der Waals surface area contributed by atoms with Crippen molar-refractivity contribution in [2.45, 2.75) is 32.4 Å². The van der Waals surface area contributed by atoms with E-state index >= 15 is 0 Å². The topological polar surface area (TPSA) is 84.9 Å². The molecular formula is C10H19NO5. The van der Waals surface area contributed by atoms with Gasteiger partial charge >= 0.3 is 5.97 Å². The molecule has 1 amide bonds. The van der Waals surface area contributed by atoms with Crippen molar-refractivity contribution >= 4 is 11.9 Å². The van der Waals surface area contributed by atoms with E-state index in [4.69, 9.17) is 14.6 Å². The molecule has 1 atom stereocenters. The molecule has 0 aliphatic rings. The van der Waals surface area contributed by atoms with Crippen LogP contribution in [-0.2, 0) is 19.1 Å². The zero-order valence-electron chi connectivity index (χ0n) is 10.1. The lowest BCUT2D eigenvalue weighted by atomic mass is 10.0. The Bertz CT molecular complexity index is 254. The van der Waals surface area contributed by atoms with Crippen molar-refractivity contribution in [1.29, 1.82) is 0 Å². The van der Waals surface area contributed by atoms with Crippen LogP contribution in [0.3, 0.4) is 0 Å². The number of carboxylic acid groups (broad SMARTS) is 1. The SMILES string of the molecule is COCC(C)(NC(=O)COC(C)C)C(=O)O. The summed E-state index contributed by atoms with van der Waals surface area (Å²) in [5, 5.41) is 11.3. The number of amides is 1. The molecule has 0 aromatic carbocycles. The molecule has 0 bridgehead atoms. The van der Waals surface area contributed by atoms with Gasteiger partial charge in [-0.2, -0.15) is 0 Å². The molecule has 0 saturated heterocycles. The molecule has 0 spiro atoms. The molecule has 0 heterocycles. The molecule has 1 unspecified atom stereocenters. The highest BCUT2D eigenvalue weighted by Gasteiger charge is 2.34. The van der Waals surface area contributed by atoms with E-state index in [0.717, 1.165) is 0 Å². The summed E-state index contributed by atoms with van der Waals surface area (Å²) in [5.41, 5.74) is -1.42. The Labute approximate surface area is 94.9 Å². The van der Waals surface area contributed by atoms with Gasteiger partial charge in [0, 0.05) is 7.11 Å². The smallest absolute Gasteiger partial charge is 0.331 e. The minimum Gasteiger partial charge on any atom is -0.479 e.